The molecular formula is C22H29FN4O3S. The van der Waals surface area contributed by atoms with Gasteiger partial charge in [0.1, 0.15) is 5.82 Å². The first kappa shape index (κ1) is 23.0. The lowest BCUT2D eigenvalue weighted by Crippen LogP contribution is -2.51. The summed E-state index contributed by atoms with van der Waals surface area (Å²) in [4.78, 5) is 16.4. The molecule has 0 spiro atoms. The van der Waals surface area contributed by atoms with E-state index in [0.29, 0.717) is 51.5 Å². The van der Waals surface area contributed by atoms with E-state index in [1.54, 1.807) is 61.2 Å². The minimum Gasteiger partial charge on any atom is -0.366 e. The highest BCUT2D eigenvalue weighted by atomic mass is 32.2. The molecule has 0 bridgehead atoms. The van der Waals surface area contributed by atoms with E-state index < -0.39 is 10.0 Å². The maximum atomic E-state index is 14.0. The van der Waals surface area contributed by atoms with Gasteiger partial charge in [0.2, 0.25) is 10.0 Å². The fourth-order valence-electron chi connectivity index (χ4n) is 3.64. The Morgan fingerprint density at radius 3 is 2.19 bits per heavy atom. The Bertz CT molecular complexity index is 986. The molecular weight excluding hydrogens is 419 g/mol. The Hall–Kier alpha value is -2.65. The van der Waals surface area contributed by atoms with Crippen molar-refractivity contribution in [1.82, 2.24) is 14.5 Å². The molecule has 0 atom stereocenters. The summed E-state index contributed by atoms with van der Waals surface area (Å²) >= 11 is 0. The van der Waals surface area contributed by atoms with Crippen molar-refractivity contribution in [3.8, 4) is 0 Å². The van der Waals surface area contributed by atoms with Crippen LogP contribution < -0.4 is 10.2 Å². The van der Waals surface area contributed by atoms with E-state index in [4.69, 9.17) is 0 Å². The molecule has 0 aliphatic carbocycles. The van der Waals surface area contributed by atoms with Gasteiger partial charge in [0.05, 0.1) is 10.6 Å². The predicted octanol–water partition coefficient (Wildman–Crippen LogP) is 2.89. The standard InChI is InChI=1S/C22H29FN4O3S/c1-3-27(4-2)31(29,30)19-11-9-18(10-12-19)17-24-22(28)26-15-13-25(14-16-26)21-8-6-5-7-20(21)23/h5-12H,3-4,13-17H2,1-2H3,(H,24,28). The summed E-state index contributed by atoms with van der Waals surface area (Å²) in [5.74, 6) is -0.258. The van der Waals surface area contributed by atoms with Gasteiger partial charge in [-0.05, 0) is 29.8 Å². The zero-order valence-corrected chi connectivity index (χ0v) is 18.7. The van der Waals surface area contributed by atoms with Crippen LogP contribution in [0.25, 0.3) is 0 Å². The van der Waals surface area contributed by atoms with E-state index in [-0.39, 0.29) is 16.7 Å². The number of sulfonamides is 1. The average molecular weight is 449 g/mol. The number of rotatable bonds is 7. The molecule has 0 saturated carbocycles. The predicted molar refractivity (Wildman–Crippen MR) is 119 cm³/mol. The second-order valence-corrected chi connectivity index (χ2v) is 9.26. The summed E-state index contributed by atoms with van der Waals surface area (Å²) < 4.78 is 40.5. The number of para-hydroxylation sites is 1. The number of amides is 2. The SMILES string of the molecule is CCN(CC)S(=O)(=O)c1ccc(CNC(=O)N2CCN(c3ccccc3F)CC2)cc1. The summed E-state index contributed by atoms with van der Waals surface area (Å²) in [6.45, 7) is 6.88. The van der Waals surface area contributed by atoms with Crippen molar-refractivity contribution in [2.45, 2.75) is 25.3 Å². The molecule has 3 rings (SSSR count). The Labute approximate surface area is 183 Å². The highest BCUT2D eigenvalue weighted by Crippen LogP contribution is 2.20. The first-order valence-electron chi connectivity index (χ1n) is 10.5. The molecule has 1 fully saturated rings. The molecule has 1 heterocycles. The van der Waals surface area contributed by atoms with Crippen LogP contribution >= 0.6 is 0 Å². The number of benzene rings is 2. The van der Waals surface area contributed by atoms with Gasteiger partial charge in [0.15, 0.2) is 0 Å². The van der Waals surface area contributed by atoms with Gasteiger partial charge in [0.25, 0.3) is 0 Å². The highest BCUT2D eigenvalue weighted by Gasteiger charge is 2.23. The van der Waals surface area contributed by atoms with Crippen LogP contribution in [-0.2, 0) is 16.6 Å². The topological polar surface area (TPSA) is 73.0 Å². The third kappa shape index (κ3) is 5.34. The smallest absolute Gasteiger partial charge is 0.317 e. The molecule has 0 radical (unpaired) electrons. The number of piperazine rings is 1. The van der Waals surface area contributed by atoms with Gasteiger partial charge in [-0.2, -0.15) is 4.31 Å². The van der Waals surface area contributed by atoms with Crippen molar-refractivity contribution in [2.75, 3.05) is 44.2 Å². The normalized spacial score (nSPS) is 14.7. The summed E-state index contributed by atoms with van der Waals surface area (Å²) in [5.41, 5.74) is 1.37. The number of carbonyl (C=O) groups excluding carboxylic acids is 1. The van der Waals surface area contributed by atoms with E-state index in [1.165, 1.54) is 10.4 Å². The van der Waals surface area contributed by atoms with Crippen molar-refractivity contribution < 1.29 is 17.6 Å². The Balaban J connectivity index is 1.52. The molecule has 1 aliphatic rings. The molecule has 0 unspecified atom stereocenters. The maximum Gasteiger partial charge on any atom is 0.317 e. The van der Waals surface area contributed by atoms with Crippen LogP contribution in [0.2, 0.25) is 0 Å². The summed E-state index contributed by atoms with van der Waals surface area (Å²) in [5, 5.41) is 2.87. The van der Waals surface area contributed by atoms with E-state index >= 15 is 0 Å². The number of nitrogens with one attached hydrogen (secondary N) is 1. The minimum absolute atomic E-state index is 0.187. The number of nitrogens with zero attached hydrogens (tertiary/aromatic N) is 3. The molecule has 9 heteroatoms. The van der Waals surface area contributed by atoms with Crippen LogP contribution in [-0.4, -0.2) is 62.9 Å². The van der Waals surface area contributed by atoms with Gasteiger partial charge < -0.3 is 15.1 Å². The Morgan fingerprint density at radius 1 is 1.00 bits per heavy atom. The van der Waals surface area contributed by atoms with Crippen LogP contribution in [0.1, 0.15) is 19.4 Å². The fraction of sp³-hybridized carbons (Fsp3) is 0.409. The number of anilines is 1. The monoisotopic (exact) mass is 448 g/mol. The number of halogens is 1. The third-order valence-electron chi connectivity index (χ3n) is 5.47. The quantitative estimate of drug-likeness (QED) is 0.707. The zero-order chi connectivity index (χ0) is 22.4. The number of urea groups is 1. The largest absolute Gasteiger partial charge is 0.366 e. The average Bonchev–Trinajstić information content (AvgIpc) is 2.79. The molecule has 2 aromatic rings. The van der Waals surface area contributed by atoms with Crippen LogP contribution in [0.15, 0.2) is 53.4 Å². The van der Waals surface area contributed by atoms with E-state index in [2.05, 4.69) is 5.32 Å². The van der Waals surface area contributed by atoms with Gasteiger partial charge in [-0.25, -0.2) is 17.6 Å². The highest BCUT2D eigenvalue weighted by molar-refractivity contribution is 7.89. The molecule has 7 nitrogen and oxygen atoms in total. The molecule has 1 N–H and O–H groups in total. The van der Waals surface area contributed by atoms with Crippen molar-refractivity contribution in [1.29, 1.82) is 0 Å². The molecule has 0 aromatic heterocycles. The number of hydrogen-bond donors (Lipinski definition) is 1. The second kappa shape index (κ2) is 10.1. The Morgan fingerprint density at radius 2 is 1.61 bits per heavy atom. The van der Waals surface area contributed by atoms with Crippen molar-refractivity contribution in [3.05, 3.63) is 59.9 Å². The Kier molecular flexibility index (Phi) is 7.50. The molecule has 31 heavy (non-hydrogen) atoms. The lowest BCUT2D eigenvalue weighted by atomic mass is 10.2. The van der Waals surface area contributed by atoms with Crippen molar-refractivity contribution in [3.63, 3.8) is 0 Å². The van der Waals surface area contributed by atoms with E-state index in [0.717, 1.165) is 5.56 Å². The summed E-state index contributed by atoms with van der Waals surface area (Å²) in [6, 6.07) is 13.0. The zero-order valence-electron chi connectivity index (χ0n) is 17.9. The molecule has 168 valence electrons. The van der Waals surface area contributed by atoms with Crippen LogP contribution in [0.4, 0.5) is 14.9 Å². The van der Waals surface area contributed by atoms with Crippen LogP contribution in [0, 0.1) is 5.82 Å². The maximum absolute atomic E-state index is 14.0. The number of hydrogen-bond acceptors (Lipinski definition) is 4. The lowest BCUT2D eigenvalue weighted by molar-refractivity contribution is 0.194. The van der Waals surface area contributed by atoms with Gasteiger partial charge in [-0.1, -0.05) is 38.1 Å². The van der Waals surface area contributed by atoms with E-state index in [9.17, 15) is 17.6 Å². The summed E-state index contributed by atoms with van der Waals surface area (Å²) in [7, 11) is -3.49. The second-order valence-electron chi connectivity index (χ2n) is 7.32. The fourth-order valence-corrected chi connectivity index (χ4v) is 5.10. The van der Waals surface area contributed by atoms with E-state index in [1.807, 2.05) is 4.90 Å². The van der Waals surface area contributed by atoms with Gasteiger partial charge >= 0.3 is 6.03 Å². The van der Waals surface area contributed by atoms with Gasteiger partial charge in [0, 0.05) is 45.8 Å². The first-order valence-corrected chi connectivity index (χ1v) is 11.9. The van der Waals surface area contributed by atoms with Crippen molar-refractivity contribution >= 4 is 21.7 Å². The molecule has 2 amide bonds. The van der Waals surface area contributed by atoms with Gasteiger partial charge in [-0.3, -0.25) is 0 Å². The van der Waals surface area contributed by atoms with Crippen molar-refractivity contribution in [2.24, 2.45) is 0 Å². The minimum atomic E-state index is -3.49. The molecule has 1 aliphatic heterocycles. The van der Waals surface area contributed by atoms with Crippen LogP contribution in [0.5, 0.6) is 0 Å². The van der Waals surface area contributed by atoms with Gasteiger partial charge in [-0.15, -0.1) is 0 Å². The number of carbonyl (C=O) groups is 1. The third-order valence-corrected chi connectivity index (χ3v) is 7.53. The first-order chi connectivity index (χ1) is 14.9. The summed E-state index contributed by atoms with van der Waals surface area (Å²) in [6.07, 6.45) is 0. The molecule has 2 aromatic carbocycles. The lowest BCUT2D eigenvalue weighted by Gasteiger charge is -2.36. The molecule has 1 saturated heterocycles. The van der Waals surface area contributed by atoms with Crippen LogP contribution in [0.3, 0.4) is 0 Å².